The van der Waals surface area contributed by atoms with Gasteiger partial charge in [-0.05, 0) is 90.7 Å². The van der Waals surface area contributed by atoms with Crippen molar-refractivity contribution in [1.82, 2.24) is 15.6 Å². The maximum atomic E-state index is 13.2. The van der Waals surface area contributed by atoms with Crippen LogP contribution >= 0.6 is 27.3 Å². The van der Waals surface area contributed by atoms with E-state index in [0.29, 0.717) is 22.9 Å². The van der Waals surface area contributed by atoms with Gasteiger partial charge in [0.1, 0.15) is 0 Å². The minimum Gasteiger partial charge on any atom is -0.356 e. The highest BCUT2D eigenvalue weighted by Gasteiger charge is 2.71. The van der Waals surface area contributed by atoms with Crippen LogP contribution in [0, 0.1) is 35.0 Å². The fourth-order valence-electron chi connectivity index (χ4n) is 6.32. The number of carbonyl (C=O) groups is 2. The van der Waals surface area contributed by atoms with E-state index in [1.807, 2.05) is 0 Å². The number of hydrogen-bond acceptors (Lipinski definition) is 5. The van der Waals surface area contributed by atoms with Crippen LogP contribution in [0.1, 0.15) is 38.5 Å². The molecule has 1 aromatic rings. The first-order chi connectivity index (χ1) is 13.6. The lowest BCUT2D eigenvalue weighted by Gasteiger charge is -2.30. The maximum Gasteiger partial charge on any atom is 0.230 e. The van der Waals surface area contributed by atoms with Gasteiger partial charge in [0, 0.05) is 6.54 Å². The molecule has 1 aromatic heterocycles. The first-order valence-corrected chi connectivity index (χ1v) is 12.1. The molecule has 2 heterocycles. The number of rotatable bonds is 5. The first kappa shape index (κ1) is 19.0. The van der Waals surface area contributed by atoms with Gasteiger partial charge in [-0.1, -0.05) is 11.3 Å². The number of hydrogen-bond donors (Lipinski definition) is 3. The number of nitrogens with zero attached hydrogens (tertiary/aromatic N) is 1. The van der Waals surface area contributed by atoms with Crippen molar-refractivity contribution in [3.8, 4) is 0 Å². The standard InChI is InChI=1S/C20H27BrN4O2S/c21-14-10-24-19(28-14)25-18(27)16-13-4-3-12(20(13)5-6-20)15(16)17(26)23-9-11-2-1-7-22-8-11/h10-13,15-16,22H,1-9H2,(H,23,26)(H,24,25,27)/t11?,12-,13+,15-,16-/m1/s1. The molecule has 6 nitrogen and oxygen atoms in total. The van der Waals surface area contributed by atoms with Gasteiger partial charge in [-0.2, -0.15) is 0 Å². The Balaban J connectivity index is 1.31. The third kappa shape index (κ3) is 3.21. The summed E-state index contributed by atoms with van der Waals surface area (Å²) >= 11 is 4.81. The predicted octanol–water partition coefficient (Wildman–Crippen LogP) is 3.01. The van der Waals surface area contributed by atoms with Crippen LogP contribution in [0.15, 0.2) is 9.98 Å². The van der Waals surface area contributed by atoms with Crippen LogP contribution in [0.5, 0.6) is 0 Å². The fourth-order valence-corrected chi connectivity index (χ4v) is 7.43. The molecule has 0 radical (unpaired) electrons. The third-order valence-electron chi connectivity index (χ3n) is 7.62. The molecule has 5 atom stereocenters. The number of piperidine rings is 1. The van der Waals surface area contributed by atoms with Crippen LogP contribution in [0.2, 0.25) is 0 Å². The maximum absolute atomic E-state index is 13.2. The summed E-state index contributed by atoms with van der Waals surface area (Å²) in [7, 11) is 0. The second kappa shape index (κ2) is 7.36. The molecule has 0 aromatic carbocycles. The van der Waals surface area contributed by atoms with Crippen molar-refractivity contribution in [2.75, 3.05) is 25.0 Å². The summed E-state index contributed by atoms with van der Waals surface area (Å²) in [6, 6.07) is 0. The van der Waals surface area contributed by atoms with Crippen LogP contribution in [-0.2, 0) is 9.59 Å². The molecule has 8 heteroatoms. The number of nitrogens with one attached hydrogen (secondary N) is 3. The average molecular weight is 467 g/mol. The van der Waals surface area contributed by atoms with E-state index in [9.17, 15) is 9.59 Å². The highest BCUT2D eigenvalue weighted by Crippen LogP contribution is 2.74. The van der Waals surface area contributed by atoms with Crippen molar-refractivity contribution >= 4 is 44.2 Å². The average Bonchev–Trinajstić information content (AvgIpc) is 3.20. The van der Waals surface area contributed by atoms with E-state index in [4.69, 9.17) is 0 Å². The van der Waals surface area contributed by atoms with Crippen LogP contribution in [0.25, 0.3) is 0 Å². The molecule has 3 N–H and O–H groups in total. The van der Waals surface area contributed by atoms with Crippen molar-refractivity contribution in [3.05, 3.63) is 9.98 Å². The molecule has 1 spiro atoms. The molecule has 3 aliphatic carbocycles. The lowest BCUT2D eigenvalue weighted by atomic mass is 9.78. The number of amides is 2. The Kier molecular flexibility index (Phi) is 5.00. The Hall–Kier alpha value is -0.990. The van der Waals surface area contributed by atoms with E-state index in [0.717, 1.165) is 42.7 Å². The molecule has 5 rings (SSSR count). The summed E-state index contributed by atoms with van der Waals surface area (Å²) in [6.45, 7) is 2.78. The van der Waals surface area contributed by atoms with Crippen molar-refractivity contribution in [2.24, 2.45) is 35.0 Å². The molecule has 1 saturated heterocycles. The molecule has 1 aliphatic heterocycles. The van der Waals surface area contributed by atoms with Gasteiger partial charge >= 0.3 is 0 Å². The Bertz CT molecular complexity index is 774. The third-order valence-corrected chi connectivity index (χ3v) is 9.02. The summed E-state index contributed by atoms with van der Waals surface area (Å²) in [5, 5.41) is 10.2. The van der Waals surface area contributed by atoms with Gasteiger partial charge in [0.05, 0.1) is 21.8 Å². The van der Waals surface area contributed by atoms with E-state index in [2.05, 4.69) is 36.9 Å². The highest BCUT2D eigenvalue weighted by atomic mass is 79.9. The Morgan fingerprint density at radius 2 is 1.96 bits per heavy atom. The van der Waals surface area contributed by atoms with Gasteiger partial charge < -0.3 is 16.0 Å². The second-order valence-corrected chi connectivity index (χ2v) is 11.4. The SMILES string of the molecule is O=C(NCC1CCCNC1)[C@H]1[C@H](C(=O)Nc2ncc(Br)s2)[C@@H]2CC[C@H]1C21CC1. The molecule has 1 unspecified atom stereocenters. The number of carbonyl (C=O) groups excluding carboxylic acids is 2. The molecule has 152 valence electrons. The van der Waals surface area contributed by atoms with Gasteiger partial charge in [0.15, 0.2) is 5.13 Å². The number of halogens is 1. The van der Waals surface area contributed by atoms with Gasteiger partial charge in [-0.3, -0.25) is 9.59 Å². The zero-order chi connectivity index (χ0) is 19.3. The summed E-state index contributed by atoms with van der Waals surface area (Å²) in [4.78, 5) is 30.7. The smallest absolute Gasteiger partial charge is 0.230 e. The molecular weight excluding hydrogens is 440 g/mol. The summed E-state index contributed by atoms with van der Waals surface area (Å²) < 4.78 is 0.893. The van der Waals surface area contributed by atoms with E-state index >= 15 is 0 Å². The largest absolute Gasteiger partial charge is 0.356 e. The summed E-state index contributed by atoms with van der Waals surface area (Å²) in [5.41, 5.74) is 0.264. The summed E-state index contributed by atoms with van der Waals surface area (Å²) in [5.74, 6) is 0.929. The minimum atomic E-state index is -0.214. The number of thiazole rings is 1. The first-order valence-electron chi connectivity index (χ1n) is 10.5. The predicted molar refractivity (Wildman–Crippen MR) is 112 cm³/mol. The van der Waals surface area contributed by atoms with Gasteiger partial charge in [-0.15, -0.1) is 0 Å². The Morgan fingerprint density at radius 3 is 2.57 bits per heavy atom. The van der Waals surface area contributed by atoms with Crippen LogP contribution in [-0.4, -0.2) is 36.4 Å². The Labute approximate surface area is 177 Å². The van der Waals surface area contributed by atoms with Crippen molar-refractivity contribution in [1.29, 1.82) is 0 Å². The van der Waals surface area contributed by atoms with E-state index < -0.39 is 0 Å². The van der Waals surface area contributed by atoms with Crippen LogP contribution in [0.4, 0.5) is 5.13 Å². The lowest BCUT2D eigenvalue weighted by Crippen LogP contribution is -2.45. The summed E-state index contributed by atoms with van der Waals surface area (Å²) in [6.07, 6.45) is 8.59. The van der Waals surface area contributed by atoms with E-state index in [1.54, 1.807) is 6.20 Å². The van der Waals surface area contributed by atoms with Crippen molar-refractivity contribution < 1.29 is 9.59 Å². The lowest BCUT2D eigenvalue weighted by molar-refractivity contribution is -0.134. The molecule has 28 heavy (non-hydrogen) atoms. The molecule has 2 bridgehead atoms. The molecular formula is C20H27BrN4O2S. The quantitative estimate of drug-likeness (QED) is 0.622. The zero-order valence-electron chi connectivity index (χ0n) is 15.9. The number of anilines is 1. The van der Waals surface area contributed by atoms with Crippen LogP contribution in [0.3, 0.4) is 0 Å². The topological polar surface area (TPSA) is 83.1 Å². The van der Waals surface area contributed by atoms with Gasteiger partial charge in [0.2, 0.25) is 11.8 Å². The van der Waals surface area contributed by atoms with Crippen molar-refractivity contribution in [2.45, 2.75) is 38.5 Å². The minimum absolute atomic E-state index is 0.0141. The van der Waals surface area contributed by atoms with Crippen molar-refractivity contribution in [3.63, 3.8) is 0 Å². The molecule has 4 aliphatic rings. The van der Waals surface area contributed by atoms with Gasteiger partial charge in [-0.25, -0.2) is 4.98 Å². The molecule has 3 saturated carbocycles. The normalized spacial score (nSPS) is 35.1. The fraction of sp³-hybridized carbons (Fsp3) is 0.750. The molecule has 2 amide bonds. The van der Waals surface area contributed by atoms with Crippen LogP contribution < -0.4 is 16.0 Å². The monoisotopic (exact) mass is 466 g/mol. The van der Waals surface area contributed by atoms with E-state index in [-0.39, 0.29) is 29.1 Å². The van der Waals surface area contributed by atoms with Gasteiger partial charge in [0.25, 0.3) is 0 Å². The molecule has 4 fully saturated rings. The zero-order valence-corrected chi connectivity index (χ0v) is 18.3. The second-order valence-electron chi connectivity index (χ2n) is 8.99. The Morgan fingerprint density at radius 1 is 1.21 bits per heavy atom. The highest BCUT2D eigenvalue weighted by molar-refractivity contribution is 9.11. The van der Waals surface area contributed by atoms with E-state index in [1.165, 1.54) is 30.6 Å². The number of aromatic nitrogens is 1.